The Bertz CT molecular complexity index is 1760. The van der Waals surface area contributed by atoms with Crippen molar-refractivity contribution in [1.82, 2.24) is 10.2 Å². The van der Waals surface area contributed by atoms with Crippen LogP contribution >= 0.6 is 11.6 Å². The van der Waals surface area contributed by atoms with Crippen molar-refractivity contribution in [2.24, 2.45) is 0 Å². The Kier molecular flexibility index (Phi) is 11.7. The molecule has 7 nitrogen and oxygen atoms in total. The molecule has 0 fully saturated rings. The molecule has 1 N–H and O–H groups in total. The van der Waals surface area contributed by atoms with Gasteiger partial charge in [-0.05, 0) is 86.7 Å². The summed E-state index contributed by atoms with van der Waals surface area (Å²) in [6.45, 7) is 9.09. The van der Waals surface area contributed by atoms with Gasteiger partial charge in [0.2, 0.25) is 11.8 Å². The maximum atomic E-state index is 14.7. The molecular formula is C37H42ClN3O4S. The third-order valence-corrected chi connectivity index (χ3v) is 10.2. The van der Waals surface area contributed by atoms with Gasteiger partial charge in [-0.2, -0.15) is 0 Å². The molecule has 0 spiro atoms. The summed E-state index contributed by atoms with van der Waals surface area (Å²) in [7, 11) is -4.20. The smallest absolute Gasteiger partial charge is 0.264 e. The van der Waals surface area contributed by atoms with Crippen LogP contribution in [0.1, 0.15) is 48.1 Å². The highest BCUT2D eigenvalue weighted by Gasteiger charge is 2.35. The number of nitrogens with one attached hydrogen (secondary N) is 1. The number of aryl methyl sites for hydroxylation is 3. The number of halogens is 1. The van der Waals surface area contributed by atoms with Crippen LogP contribution in [0.15, 0.2) is 102 Å². The van der Waals surface area contributed by atoms with Gasteiger partial charge in [0.05, 0.1) is 10.6 Å². The zero-order valence-electron chi connectivity index (χ0n) is 27.0. The Morgan fingerprint density at radius 2 is 1.50 bits per heavy atom. The van der Waals surface area contributed by atoms with Crippen LogP contribution in [-0.4, -0.2) is 43.8 Å². The number of benzene rings is 4. The second-order valence-corrected chi connectivity index (χ2v) is 14.0. The zero-order chi connectivity index (χ0) is 33.4. The lowest BCUT2D eigenvalue weighted by atomic mass is 10.0. The quantitative estimate of drug-likeness (QED) is 0.167. The maximum absolute atomic E-state index is 14.7. The van der Waals surface area contributed by atoms with Crippen molar-refractivity contribution in [3.8, 4) is 0 Å². The van der Waals surface area contributed by atoms with E-state index in [-0.39, 0.29) is 29.8 Å². The molecule has 2 amide bonds. The van der Waals surface area contributed by atoms with Crippen molar-refractivity contribution in [3.05, 3.63) is 130 Å². The molecule has 0 aliphatic rings. The van der Waals surface area contributed by atoms with E-state index >= 15 is 0 Å². The van der Waals surface area contributed by atoms with E-state index < -0.39 is 28.5 Å². The molecule has 0 radical (unpaired) electrons. The van der Waals surface area contributed by atoms with Crippen LogP contribution in [0.25, 0.3) is 0 Å². The number of amides is 2. The summed E-state index contributed by atoms with van der Waals surface area (Å²) in [6.07, 6.45) is 0.972. The summed E-state index contributed by atoms with van der Waals surface area (Å²) in [5, 5.41) is 3.52. The number of carbonyl (C=O) groups excluding carboxylic acids is 2. The molecule has 4 rings (SSSR count). The minimum absolute atomic E-state index is 0.0565. The molecule has 0 aliphatic carbocycles. The van der Waals surface area contributed by atoms with Crippen molar-refractivity contribution in [2.45, 2.75) is 71.0 Å². The van der Waals surface area contributed by atoms with E-state index in [1.165, 1.54) is 17.0 Å². The normalized spacial score (nSPS) is 12.7. The van der Waals surface area contributed by atoms with Crippen molar-refractivity contribution in [1.29, 1.82) is 0 Å². The largest absolute Gasteiger partial charge is 0.352 e. The van der Waals surface area contributed by atoms with Gasteiger partial charge in [-0.25, -0.2) is 8.42 Å². The van der Waals surface area contributed by atoms with Gasteiger partial charge in [-0.1, -0.05) is 90.8 Å². The van der Waals surface area contributed by atoms with E-state index in [2.05, 4.69) is 5.32 Å². The number of anilines is 1. The summed E-state index contributed by atoms with van der Waals surface area (Å²) in [5.41, 5.74) is 4.53. The molecule has 0 aliphatic heterocycles. The van der Waals surface area contributed by atoms with Gasteiger partial charge in [0, 0.05) is 24.0 Å². The Morgan fingerprint density at radius 1 is 0.848 bits per heavy atom. The minimum atomic E-state index is -4.20. The molecule has 0 saturated carbocycles. The monoisotopic (exact) mass is 659 g/mol. The number of carbonyl (C=O) groups is 2. The molecule has 4 aromatic carbocycles. The van der Waals surface area contributed by atoms with Gasteiger partial charge >= 0.3 is 0 Å². The van der Waals surface area contributed by atoms with Crippen LogP contribution in [-0.2, 0) is 32.6 Å². The van der Waals surface area contributed by atoms with Crippen molar-refractivity contribution in [2.75, 3.05) is 10.8 Å². The third kappa shape index (κ3) is 8.56. The average molecular weight is 660 g/mol. The Hall–Kier alpha value is -4.14. The van der Waals surface area contributed by atoms with Crippen LogP contribution in [0.3, 0.4) is 0 Å². The molecule has 0 aromatic heterocycles. The van der Waals surface area contributed by atoms with Gasteiger partial charge in [0.15, 0.2) is 0 Å². The SMILES string of the molecule is CC[C@H](C)NC(=O)[C@@H](Cc1ccccc1)N(Cc1ccccc1C)C(=O)CN(c1ccc(Cl)cc1C)S(=O)(=O)c1ccc(C)cc1. The van der Waals surface area contributed by atoms with Crippen LogP contribution < -0.4 is 9.62 Å². The summed E-state index contributed by atoms with van der Waals surface area (Å²) >= 11 is 6.25. The van der Waals surface area contributed by atoms with Gasteiger partial charge in [-0.3, -0.25) is 13.9 Å². The molecule has 0 heterocycles. The lowest BCUT2D eigenvalue weighted by Crippen LogP contribution is -2.54. The second kappa shape index (κ2) is 15.4. The maximum Gasteiger partial charge on any atom is 0.264 e. The molecule has 242 valence electrons. The molecular weight excluding hydrogens is 618 g/mol. The average Bonchev–Trinajstić information content (AvgIpc) is 3.03. The van der Waals surface area contributed by atoms with Gasteiger partial charge in [-0.15, -0.1) is 0 Å². The first-order chi connectivity index (χ1) is 21.9. The summed E-state index contributed by atoms with van der Waals surface area (Å²) in [6, 6.07) is 27.6. The van der Waals surface area contributed by atoms with Gasteiger partial charge in [0.1, 0.15) is 12.6 Å². The fraction of sp³-hybridized carbons (Fsp3) is 0.297. The first-order valence-corrected chi connectivity index (χ1v) is 17.3. The summed E-state index contributed by atoms with van der Waals surface area (Å²) < 4.78 is 29.7. The number of hydrogen-bond donors (Lipinski definition) is 1. The van der Waals surface area contributed by atoms with Gasteiger partial charge in [0.25, 0.3) is 10.0 Å². The highest BCUT2D eigenvalue weighted by atomic mass is 35.5. The van der Waals surface area contributed by atoms with E-state index in [1.807, 2.05) is 82.3 Å². The number of nitrogens with zero attached hydrogens (tertiary/aromatic N) is 2. The molecule has 2 atom stereocenters. The van der Waals surface area contributed by atoms with Crippen LogP contribution in [0.4, 0.5) is 5.69 Å². The predicted molar refractivity (Wildman–Crippen MR) is 185 cm³/mol. The van der Waals surface area contributed by atoms with Crippen LogP contribution in [0.2, 0.25) is 5.02 Å². The summed E-state index contributed by atoms with van der Waals surface area (Å²) in [4.78, 5) is 30.2. The van der Waals surface area contributed by atoms with Crippen LogP contribution in [0.5, 0.6) is 0 Å². The number of rotatable bonds is 13. The predicted octanol–water partition coefficient (Wildman–Crippen LogP) is 7.02. The lowest BCUT2D eigenvalue weighted by Gasteiger charge is -2.35. The number of sulfonamides is 1. The molecule has 0 saturated heterocycles. The fourth-order valence-corrected chi connectivity index (χ4v) is 6.92. The van der Waals surface area contributed by atoms with E-state index in [9.17, 15) is 18.0 Å². The Morgan fingerprint density at radius 3 is 2.13 bits per heavy atom. The fourth-order valence-electron chi connectivity index (χ4n) is 5.22. The first-order valence-electron chi connectivity index (χ1n) is 15.4. The Balaban J connectivity index is 1.84. The van der Waals surface area contributed by atoms with Crippen LogP contribution in [0, 0.1) is 20.8 Å². The molecule has 46 heavy (non-hydrogen) atoms. The highest BCUT2D eigenvalue weighted by Crippen LogP contribution is 2.30. The number of hydrogen-bond acceptors (Lipinski definition) is 4. The Labute approximate surface area is 278 Å². The lowest BCUT2D eigenvalue weighted by molar-refractivity contribution is -0.140. The van der Waals surface area contributed by atoms with Crippen molar-refractivity contribution >= 4 is 39.1 Å². The van der Waals surface area contributed by atoms with Crippen molar-refractivity contribution in [3.63, 3.8) is 0 Å². The topological polar surface area (TPSA) is 86.8 Å². The second-order valence-electron chi connectivity index (χ2n) is 11.7. The van der Waals surface area contributed by atoms with E-state index in [0.29, 0.717) is 22.7 Å². The van der Waals surface area contributed by atoms with Crippen molar-refractivity contribution < 1.29 is 18.0 Å². The molecule has 9 heteroatoms. The highest BCUT2D eigenvalue weighted by molar-refractivity contribution is 7.92. The zero-order valence-corrected chi connectivity index (χ0v) is 28.6. The standard InChI is InChI=1S/C37H42ClN3O4S/c1-6-29(5)39-37(43)35(23-30-13-8-7-9-14-30)40(24-31-15-11-10-12-27(31)3)36(42)25-41(34-21-18-32(38)22-28(34)4)46(44,45)33-19-16-26(2)17-20-33/h7-22,29,35H,6,23-25H2,1-5H3,(H,39,43)/t29-,35+/m0/s1. The van der Waals surface area contributed by atoms with Gasteiger partial charge < -0.3 is 10.2 Å². The first kappa shape index (κ1) is 34.7. The third-order valence-electron chi connectivity index (χ3n) is 8.19. The van der Waals surface area contributed by atoms with E-state index in [4.69, 9.17) is 11.6 Å². The van der Waals surface area contributed by atoms with E-state index in [1.54, 1.807) is 37.3 Å². The summed E-state index contributed by atoms with van der Waals surface area (Å²) in [5.74, 6) is -0.802. The molecule has 0 unspecified atom stereocenters. The molecule has 0 bridgehead atoms. The van der Waals surface area contributed by atoms with E-state index in [0.717, 1.165) is 26.6 Å². The minimum Gasteiger partial charge on any atom is -0.352 e. The molecule has 4 aromatic rings.